The molecule has 16 heavy (non-hydrogen) atoms. The summed E-state index contributed by atoms with van der Waals surface area (Å²) in [6, 6.07) is 4.33. The summed E-state index contributed by atoms with van der Waals surface area (Å²) in [7, 11) is 0. The first-order chi connectivity index (χ1) is 7.38. The van der Waals surface area contributed by atoms with E-state index < -0.39 is 12.6 Å². The van der Waals surface area contributed by atoms with Gasteiger partial charge in [-0.15, -0.1) is 0 Å². The first-order valence-corrected chi connectivity index (χ1v) is 5.39. The molecule has 0 aliphatic carbocycles. The molecule has 0 heterocycles. The van der Waals surface area contributed by atoms with Crippen LogP contribution in [0.5, 0.6) is 0 Å². The highest BCUT2D eigenvalue weighted by atomic mass is 79.9. The minimum Gasteiger partial charge on any atom is -0.312 e. The lowest BCUT2D eigenvalue weighted by Gasteiger charge is -2.08. The van der Waals surface area contributed by atoms with Gasteiger partial charge in [0.15, 0.2) is 0 Å². The monoisotopic (exact) mass is 299 g/mol. The number of hydrogen-bond acceptors (Lipinski definition) is 1. The molecule has 0 fully saturated rings. The molecule has 0 aliphatic rings. The van der Waals surface area contributed by atoms with Gasteiger partial charge in [-0.1, -0.05) is 6.07 Å². The summed E-state index contributed by atoms with van der Waals surface area (Å²) in [6.07, 6.45) is -5.01. The summed E-state index contributed by atoms with van der Waals surface area (Å²) in [5.74, 6) is -0.390. The van der Waals surface area contributed by atoms with E-state index in [4.69, 9.17) is 0 Å². The van der Waals surface area contributed by atoms with E-state index in [-0.39, 0.29) is 18.9 Å². The Labute approximate surface area is 99.0 Å². The minimum absolute atomic E-state index is 0.140. The Morgan fingerprint density at radius 3 is 2.50 bits per heavy atom. The van der Waals surface area contributed by atoms with Crippen molar-refractivity contribution < 1.29 is 17.6 Å². The molecule has 1 rings (SSSR count). The fourth-order valence-corrected chi connectivity index (χ4v) is 1.54. The van der Waals surface area contributed by atoms with Crippen molar-refractivity contribution in [3.8, 4) is 0 Å². The molecule has 0 atom stereocenters. The minimum atomic E-state index is -4.14. The van der Waals surface area contributed by atoms with Crippen LogP contribution in [0.2, 0.25) is 0 Å². The molecular formula is C10H10BrF4N. The van der Waals surface area contributed by atoms with Crippen LogP contribution in [0.4, 0.5) is 17.6 Å². The topological polar surface area (TPSA) is 12.0 Å². The van der Waals surface area contributed by atoms with Crippen molar-refractivity contribution in [2.45, 2.75) is 19.1 Å². The largest absolute Gasteiger partial charge is 0.390 e. The SMILES string of the molecule is Fc1ccc(CNCCC(F)(F)F)cc1Br. The van der Waals surface area contributed by atoms with Crippen molar-refractivity contribution >= 4 is 15.9 Å². The van der Waals surface area contributed by atoms with Crippen LogP contribution in [0.1, 0.15) is 12.0 Å². The molecule has 1 aromatic rings. The normalized spacial score (nSPS) is 11.8. The molecule has 0 bridgehead atoms. The van der Waals surface area contributed by atoms with Gasteiger partial charge in [0.25, 0.3) is 0 Å². The Bertz CT molecular complexity index is 351. The van der Waals surface area contributed by atoms with E-state index in [1.54, 1.807) is 0 Å². The lowest BCUT2D eigenvalue weighted by molar-refractivity contribution is -0.133. The zero-order valence-corrected chi connectivity index (χ0v) is 9.83. The highest BCUT2D eigenvalue weighted by Gasteiger charge is 2.25. The van der Waals surface area contributed by atoms with Crippen molar-refractivity contribution in [3.63, 3.8) is 0 Å². The molecule has 0 saturated carbocycles. The molecule has 0 saturated heterocycles. The fourth-order valence-electron chi connectivity index (χ4n) is 1.11. The van der Waals surface area contributed by atoms with E-state index in [1.807, 2.05) is 0 Å². The predicted molar refractivity (Wildman–Crippen MR) is 56.5 cm³/mol. The third-order valence-electron chi connectivity index (χ3n) is 1.90. The van der Waals surface area contributed by atoms with E-state index in [9.17, 15) is 17.6 Å². The van der Waals surface area contributed by atoms with E-state index in [1.165, 1.54) is 18.2 Å². The van der Waals surface area contributed by atoms with Crippen LogP contribution in [0.3, 0.4) is 0 Å². The molecule has 1 aromatic carbocycles. The second-order valence-electron chi connectivity index (χ2n) is 3.29. The molecule has 0 aliphatic heterocycles. The maximum absolute atomic E-state index is 12.8. The molecule has 0 amide bonds. The smallest absolute Gasteiger partial charge is 0.312 e. The van der Waals surface area contributed by atoms with Gasteiger partial charge in [-0.2, -0.15) is 13.2 Å². The van der Waals surface area contributed by atoms with Crippen molar-refractivity contribution in [2.24, 2.45) is 0 Å². The number of rotatable bonds is 4. The summed E-state index contributed by atoms with van der Waals surface area (Å²) in [6.45, 7) is 0.146. The first kappa shape index (κ1) is 13.4. The fraction of sp³-hybridized carbons (Fsp3) is 0.400. The van der Waals surface area contributed by atoms with Gasteiger partial charge in [-0.3, -0.25) is 0 Å². The maximum Gasteiger partial charge on any atom is 0.390 e. The Kier molecular flexibility index (Phi) is 4.73. The van der Waals surface area contributed by atoms with Gasteiger partial charge in [0.1, 0.15) is 5.82 Å². The Morgan fingerprint density at radius 2 is 1.94 bits per heavy atom. The van der Waals surface area contributed by atoms with Crippen LogP contribution in [-0.4, -0.2) is 12.7 Å². The molecule has 0 unspecified atom stereocenters. The number of nitrogens with one attached hydrogen (secondary N) is 1. The number of benzene rings is 1. The Morgan fingerprint density at radius 1 is 1.25 bits per heavy atom. The molecule has 0 aromatic heterocycles. The maximum atomic E-state index is 12.8. The molecule has 0 radical (unpaired) electrons. The quantitative estimate of drug-likeness (QED) is 0.661. The average molecular weight is 300 g/mol. The summed E-state index contributed by atoms with van der Waals surface area (Å²) in [5.41, 5.74) is 0.732. The van der Waals surface area contributed by atoms with Crippen LogP contribution in [0, 0.1) is 5.82 Å². The molecule has 90 valence electrons. The Hall–Kier alpha value is -0.620. The summed E-state index contributed by atoms with van der Waals surface area (Å²) in [5, 5.41) is 2.64. The van der Waals surface area contributed by atoms with E-state index in [2.05, 4.69) is 21.2 Å². The lowest BCUT2D eigenvalue weighted by atomic mass is 10.2. The van der Waals surface area contributed by atoms with Crippen molar-refractivity contribution in [2.75, 3.05) is 6.54 Å². The van der Waals surface area contributed by atoms with Crippen molar-refractivity contribution in [1.82, 2.24) is 5.32 Å². The Balaban J connectivity index is 2.35. The van der Waals surface area contributed by atoms with Gasteiger partial charge in [-0.05, 0) is 33.6 Å². The zero-order valence-electron chi connectivity index (χ0n) is 8.24. The van der Waals surface area contributed by atoms with Crippen LogP contribution in [-0.2, 0) is 6.54 Å². The first-order valence-electron chi connectivity index (χ1n) is 4.60. The van der Waals surface area contributed by atoms with Gasteiger partial charge >= 0.3 is 6.18 Å². The van der Waals surface area contributed by atoms with E-state index in [0.29, 0.717) is 4.47 Å². The highest BCUT2D eigenvalue weighted by molar-refractivity contribution is 9.10. The van der Waals surface area contributed by atoms with Gasteiger partial charge in [-0.25, -0.2) is 4.39 Å². The van der Waals surface area contributed by atoms with Crippen LogP contribution >= 0.6 is 15.9 Å². The van der Waals surface area contributed by atoms with Gasteiger partial charge < -0.3 is 5.32 Å². The van der Waals surface area contributed by atoms with E-state index >= 15 is 0 Å². The molecule has 1 nitrogen and oxygen atoms in total. The number of halogens is 5. The third kappa shape index (κ3) is 4.94. The van der Waals surface area contributed by atoms with Gasteiger partial charge in [0.2, 0.25) is 0 Å². The standard InChI is InChI=1S/C10H10BrF4N/c11-8-5-7(1-2-9(8)12)6-16-4-3-10(13,14)15/h1-2,5,16H,3-4,6H2. The lowest BCUT2D eigenvalue weighted by Crippen LogP contribution is -2.21. The summed E-state index contributed by atoms with van der Waals surface area (Å²) < 4.78 is 48.5. The molecule has 0 spiro atoms. The third-order valence-corrected chi connectivity index (χ3v) is 2.51. The van der Waals surface area contributed by atoms with Gasteiger partial charge in [0.05, 0.1) is 10.9 Å². The highest BCUT2D eigenvalue weighted by Crippen LogP contribution is 2.19. The van der Waals surface area contributed by atoms with Gasteiger partial charge in [0, 0.05) is 13.1 Å². The van der Waals surface area contributed by atoms with Crippen LogP contribution in [0.15, 0.2) is 22.7 Å². The van der Waals surface area contributed by atoms with Crippen LogP contribution < -0.4 is 5.32 Å². The number of alkyl halides is 3. The van der Waals surface area contributed by atoms with Crippen LogP contribution in [0.25, 0.3) is 0 Å². The van der Waals surface area contributed by atoms with Crippen molar-refractivity contribution in [1.29, 1.82) is 0 Å². The average Bonchev–Trinajstić information content (AvgIpc) is 2.17. The predicted octanol–water partition coefficient (Wildman–Crippen LogP) is 3.63. The molecule has 6 heteroatoms. The second-order valence-corrected chi connectivity index (χ2v) is 4.14. The second kappa shape index (κ2) is 5.63. The molecule has 1 N–H and O–H groups in total. The zero-order chi connectivity index (χ0) is 12.2. The number of hydrogen-bond donors (Lipinski definition) is 1. The van der Waals surface area contributed by atoms with Crippen molar-refractivity contribution in [3.05, 3.63) is 34.1 Å². The summed E-state index contributed by atoms with van der Waals surface area (Å²) >= 11 is 3.00. The summed E-state index contributed by atoms with van der Waals surface area (Å²) in [4.78, 5) is 0. The molecular weight excluding hydrogens is 290 g/mol. The van der Waals surface area contributed by atoms with E-state index in [0.717, 1.165) is 5.56 Å².